The van der Waals surface area contributed by atoms with Gasteiger partial charge in [-0.2, -0.15) is 0 Å². The van der Waals surface area contributed by atoms with Gasteiger partial charge in [0.25, 0.3) is 5.91 Å². The van der Waals surface area contributed by atoms with E-state index in [9.17, 15) is 9.59 Å². The predicted molar refractivity (Wildman–Crippen MR) is 70.9 cm³/mol. The van der Waals surface area contributed by atoms with Gasteiger partial charge in [-0.15, -0.1) is 5.10 Å². The molecule has 2 rings (SSSR count). The average molecular weight is 295 g/mol. The molecule has 8 heteroatoms. The van der Waals surface area contributed by atoms with Gasteiger partial charge in [-0.25, -0.2) is 4.79 Å². The largest absolute Gasteiger partial charge is 0.478 e. The number of aryl methyl sites for hydroxylation is 2. The minimum Gasteiger partial charge on any atom is -0.478 e. The van der Waals surface area contributed by atoms with E-state index >= 15 is 0 Å². The zero-order valence-corrected chi connectivity index (χ0v) is 11.8. The SMILES string of the molecule is CCc1nnsc1C(=O)NCc1cc(C(=O)O)c(C)o1. The molecule has 106 valence electrons. The highest BCUT2D eigenvalue weighted by molar-refractivity contribution is 7.08. The van der Waals surface area contributed by atoms with Crippen molar-refractivity contribution in [2.75, 3.05) is 0 Å². The van der Waals surface area contributed by atoms with Crippen LogP contribution in [0, 0.1) is 6.92 Å². The number of carboxylic acid groups (broad SMARTS) is 1. The quantitative estimate of drug-likeness (QED) is 0.868. The van der Waals surface area contributed by atoms with Crippen LogP contribution in [-0.4, -0.2) is 26.6 Å². The molecule has 0 bridgehead atoms. The molecule has 0 spiro atoms. The van der Waals surface area contributed by atoms with Crippen LogP contribution in [0.25, 0.3) is 0 Å². The van der Waals surface area contributed by atoms with Crippen molar-refractivity contribution in [3.8, 4) is 0 Å². The van der Waals surface area contributed by atoms with Crippen LogP contribution in [-0.2, 0) is 13.0 Å². The van der Waals surface area contributed by atoms with Gasteiger partial charge in [0.1, 0.15) is 22.0 Å². The number of nitrogens with one attached hydrogen (secondary N) is 1. The molecule has 0 aliphatic heterocycles. The number of carbonyl (C=O) groups excluding carboxylic acids is 1. The second-order valence-electron chi connectivity index (χ2n) is 4.07. The summed E-state index contributed by atoms with van der Waals surface area (Å²) in [4.78, 5) is 23.3. The Balaban J connectivity index is 2.04. The van der Waals surface area contributed by atoms with E-state index in [2.05, 4.69) is 14.9 Å². The summed E-state index contributed by atoms with van der Waals surface area (Å²) >= 11 is 1.03. The van der Waals surface area contributed by atoms with Crippen molar-refractivity contribution in [3.05, 3.63) is 33.7 Å². The Kier molecular flexibility index (Phi) is 4.14. The van der Waals surface area contributed by atoms with E-state index in [0.717, 1.165) is 11.5 Å². The lowest BCUT2D eigenvalue weighted by atomic mass is 10.2. The van der Waals surface area contributed by atoms with Crippen LogP contribution >= 0.6 is 11.5 Å². The van der Waals surface area contributed by atoms with Crippen LogP contribution in [0.4, 0.5) is 0 Å². The molecule has 0 radical (unpaired) electrons. The van der Waals surface area contributed by atoms with Gasteiger partial charge in [-0.1, -0.05) is 11.4 Å². The molecule has 2 heterocycles. The Morgan fingerprint density at radius 3 is 2.85 bits per heavy atom. The number of nitrogens with zero attached hydrogens (tertiary/aromatic N) is 2. The smallest absolute Gasteiger partial charge is 0.339 e. The molecular formula is C12H13N3O4S. The first kappa shape index (κ1) is 14.2. The molecule has 0 aromatic carbocycles. The summed E-state index contributed by atoms with van der Waals surface area (Å²) in [5, 5.41) is 15.4. The predicted octanol–water partition coefficient (Wildman–Crippen LogP) is 1.63. The van der Waals surface area contributed by atoms with Crippen molar-refractivity contribution in [1.29, 1.82) is 0 Å². The zero-order chi connectivity index (χ0) is 14.7. The Bertz CT molecular complexity index is 647. The van der Waals surface area contributed by atoms with Crippen molar-refractivity contribution in [1.82, 2.24) is 14.9 Å². The summed E-state index contributed by atoms with van der Waals surface area (Å²) in [6.07, 6.45) is 0.627. The second-order valence-corrected chi connectivity index (χ2v) is 4.83. The number of furan rings is 1. The number of amides is 1. The van der Waals surface area contributed by atoms with Gasteiger partial charge in [0.2, 0.25) is 0 Å². The molecule has 20 heavy (non-hydrogen) atoms. The number of rotatable bonds is 5. The van der Waals surface area contributed by atoms with Crippen molar-refractivity contribution in [2.24, 2.45) is 0 Å². The molecule has 1 amide bonds. The molecule has 7 nitrogen and oxygen atoms in total. The van der Waals surface area contributed by atoms with Crippen LogP contribution in [0.1, 0.15) is 44.2 Å². The van der Waals surface area contributed by atoms with E-state index in [1.54, 1.807) is 6.92 Å². The first-order valence-electron chi connectivity index (χ1n) is 5.95. The maximum atomic E-state index is 11.9. The molecule has 0 aliphatic rings. The van der Waals surface area contributed by atoms with E-state index in [0.29, 0.717) is 28.5 Å². The lowest BCUT2D eigenvalue weighted by Crippen LogP contribution is -2.22. The van der Waals surface area contributed by atoms with Crippen LogP contribution in [0.5, 0.6) is 0 Å². The van der Waals surface area contributed by atoms with E-state index in [1.165, 1.54) is 6.07 Å². The van der Waals surface area contributed by atoms with Gasteiger partial charge in [0, 0.05) is 0 Å². The van der Waals surface area contributed by atoms with Crippen molar-refractivity contribution >= 4 is 23.4 Å². The Hall–Kier alpha value is -2.22. The van der Waals surface area contributed by atoms with Gasteiger partial charge >= 0.3 is 5.97 Å². The van der Waals surface area contributed by atoms with Gasteiger partial charge in [0.05, 0.1) is 12.2 Å². The average Bonchev–Trinajstić information content (AvgIpc) is 3.01. The van der Waals surface area contributed by atoms with E-state index < -0.39 is 5.97 Å². The maximum Gasteiger partial charge on any atom is 0.339 e. The molecule has 0 saturated carbocycles. The molecule has 2 aromatic heterocycles. The number of aromatic carboxylic acids is 1. The molecule has 2 aromatic rings. The topological polar surface area (TPSA) is 105 Å². The van der Waals surface area contributed by atoms with E-state index in [-0.39, 0.29) is 18.0 Å². The van der Waals surface area contributed by atoms with Gasteiger partial charge in [0.15, 0.2) is 0 Å². The third kappa shape index (κ3) is 2.85. The van der Waals surface area contributed by atoms with Gasteiger partial charge in [-0.3, -0.25) is 4.79 Å². The summed E-state index contributed by atoms with van der Waals surface area (Å²) in [7, 11) is 0. The first-order chi connectivity index (χ1) is 9.52. The minimum absolute atomic E-state index is 0.1000. The van der Waals surface area contributed by atoms with Crippen molar-refractivity contribution in [3.63, 3.8) is 0 Å². The fourth-order valence-electron chi connectivity index (χ4n) is 1.70. The maximum absolute atomic E-state index is 11.9. The summed E-state index contributed by atoms with van der Waals surface area (Å²) < 4.78 is 9.02. The fraction of sp³-hybridized carbons (Fsp3) is 0.333. The number of hydrogen-bond acceptors (Lipinski definition) is 6. The molecule has 2 N–H and O–H groups in total. The normalized spacial score (nSPS) is 10.5. The van der Waals surface area contributed by atoms with Gasteiger partial charge < -0.3 is 14.8 Å². The highest BCUT2D eigenvalue weighted by Crippen LogP contribution is 2.15. The lowest BCUT2D eigenvalue weighted by Gasteiger charge is -2.01. The summed E-state index contributed by atoms with van der Waals surface area (Å²) in [5.74, 6) is -0.634. The molecule has 0 aliphatic carbocycles. The van der Waals surface area contributed by atoms with Crippen LogP contribution < -0.4 is 5.32 Å². The van der Waals surface area contributed by atoms with E-state index in [4.69, 9.17) is 9.52 Å². The van der Waals surface area contributed by atoms with Crippen molar-refractivity contribution in [2.45, 2.75) is 26.8 Å². The highest BCUT2D eigenvalue weighted by atomic mass is 32.1. The monoisotopic (exact) mass is 295 g/mol. The highest BCUT2D eigenvalue weighted by Gasteiger charge is 2.17. The molecule has 0 fully saturated rings. The molecule has 0 unspecified atom stereocenters. The summed E-state index contributed by atoms with van der Waals surface area (Å²) in [6, 6.07) is 1.41. The lowest BCUT2D eigenvalue weighted by molar-refractivity contribution is 0.0694. The third-order valence-corrected chi connectivity index (χ3v) is 3.49. The van der Waals surface area contributed by atoms with Crippen LogP contribution in [0.2, 0.25) is 0 Å². The first-order valence-corrected chi connectivity index (χ1v) is 6.72. The molecule has 0 saturated heterocycles. The number of aromatic nitrogens is 2. The van der Waals surface area contributed by atoms with E-state index in [1.807, 2.05) is 6.92 Å². The standard InChI is InChI=1S/C12H13N3O4S/c1-3-9-10(20-15-14-9)11(16)13-5-7-4-8(12(17)18)6(2)19-7/h4H,3,5H2,1-2H3,(H,13,16)(H,17,18). The molecular weight excluding hydrogens is 282 g/mol. The number of carboxylic acids is 1. The Morgan fingerprint density at radius 1 is 1.50 bits per heavy atom. The zero-order valence-electron chi connectivity index (χ0n) is 11.0. The Morgan fingerprint density at radius 2 is 2.25 bits per heavy atom. The second kappa shape index (κ2) is 5.83. The summed E-state index contributed by atoms with van der Waals surface area (Å²) in [5.41, 5.74) is 0.748. The van der Waals surface area contributed by atoms with Crippen LogP contribution in [0.15, 0.2) is 10.5 Å². The molecule has 0 atom stereocenters. The van der Waals surface area contributed by atoms with Gasteiger partial charge in [-0.05, 0) is 30.9 Å². The van der Waals surface area contributed by atoms with Crippen LogP contribution in [0.3, 0.4) is 0 Å². The fourth-order valence-corrected chi connectivity index (χ4v) is 2.37. The Labute approximate surface area is 118 Å². The third-order valence-electron chi connectivity index (χ3n) is 2.72. The summed E-state index contributed by atoms with van der Waals surface area (Å²) in [6.45, 7) is 3.58. The number of hydrogen-bond donors (Lipinski definition) is 2. The minimum atomic E-state index is -1.05. The number of carbonyl (C=O) groups is 2. The van der Waals surface area contributed by atoms with Crippen molar-refractivity contribution < 1.29 is 19.1 Å².